The average molecular weight is 278 g/mol. The molecule has 2 rings (SSSR count). The van der Waals surface area contributed by atoms with E-state index in [2.05, 4.69) is 24.1 Å². The molecule has 1 N–H and O–H groups in total. The molecule has 0 radical (unpaired) electrons. The highest BCUT2D eigenvalue weighted by Gasteiger charge is 2.23. The van der Waals surface area contributed by atoms with Crippen molar-refractivity contribution < 1.29 is 9.47 Å². The van der Waals surface area contributed by atoms with Crippen LogP contribution < -0.4 is 14.8 Å². The van der Waals surface area contributed by atoms with Crippen LogP contribution in [0.3, 0.4) is 0 Å². The number of nitrogens with zero attached hydrogens (tertiary/aromatic N) is 1. The molecule has 1 fully saturated rings. The van der Waals surface area contributed by atoms with Crippen LogP contribution in [0, 0.1) is 0 Å². The maximum absolute atomic E-state index is 5.82. The standard InChI is InChI=1S/C16H26N2O2/c1-4-14-11-17-13(2)12-18(14)9-10-20-16-7-5-15(19-3)6-8-16/h5-8,13-14,17H,4,9-12H2,1-3H3. The molecule has 1 aliphatic heterocycles. The summed E-state index contributed by atoms with van der Waals surface area (Å²) in [6.45, 7) is 8.39. The molecule has 112 valence electrons. The Balaban J connectivity index is 1.78. The Morgan fingerprint density at radius 3 is 2.60 bits per heavy atom. The van der Waals surface area contributed by atoms with Gasteiger partial charge in [-0.15, -0.1) is 0 Å². The van der Waals surface area contributed by atoms with Gasteiger partial charge in [-0.05, 0) is 37.6 Å². The summed E-state index contributed by atoms with van der Waals surface area (Å²) in [5.41, 5.74) is 0. The van der Waals surface area contributed by atoms with Gasteiger partial charge in [-0.2, -0.15) is 0 Å². The number of hydrogen-bond donors (Lipinski definition) is 1. The molecule has 4 nitrogen and oxygen atoms in total. The van der Waals surface area contributed by atoms with Crippen molar-refractivity contribution >= 4 is 0 Å². The average Bonchev–Trinajstić information content (AvgIpc) is 2.48. The van der Waals surface area contributed by atoms with Gasteiger partial charge in [0, 0.05) is 31.7 Å². The lowest BCUT2D eigenvalue weighted by Crippen LogP contribution is -2.56. The molecule has 20 heavy (non-hydrogen) atoms. The predicted octanol–water partition coefficient (Wildman–Crippen LogP) is 2.15. The van der Waals surface area contributed by atoms with E-state index in [0.29, 0.717) is 12.1 Å². The highest BCUT2D eigenvalue weighted by atomic mass is 16.5. The van der Waals surface area contributed by atoms with E-state index in [-0.39, 0.29) is 0 Å². The molecule has 4 heteroatoms. The van der Waals surface area contributed by atoms with Crippen molar-refractivity contribution in [3.05, 3.63) is 24.3 Å². The SMILES string of the molecule is CCC1CNC(C)CN1CCOc1ccc(OC)cc1. The second kappa shape index (κ2) is 7.50. The fourth-order valence-corrected chi connectivity index (χ4v) is 2.66. The van der Waals surface area contributed by atoms with Crippen molar-refractivity contribution in [2.24, 2.45) is 0 Å². The van der Waals surface area contributed by atoms with Crippen LogP contribution in [0.1, 0.15) is 20.3 Å². The Morgan fingerprint density at radius 2 is 1.95 bits per heavy atom. The molecule has 0 bridgehead atoms. The molecule has 1 aromatic carbocycles. The summed E-state index contributed by atoms with van der Waals surface area (Å²) in [6.07, 6.45) is 1.18. The summed E-state index contributed by atoms with van der Waals surface area (Å²) < 4.78 is 11.0. The summed E-state index contributed by atoms with van der Waals surface area (Å²) in [5, 5.41) is 3.54. The van der Waals surface area contributed by atoms with Crippen LogP contribution in [0.5, 0.6) is 11.5 Å². The first kappa shape index (κ1) is 15.1. The minimum absolute atomic E-state index is 0.568. The molecule has 0 aromatic heterocycles. The molecular weight excluding hydrogens is 252 g/mol. The molecule has 1 saturated heterocycles. The number of piperazine rings is 1. The maximum atomic E-state index is 5.82. The quantitative estimate of drug-likeness (QED) is 0.864. The zero-order valence-corrected chi connectivity index (χ0v) is 12.8. The molecule has 2 atom stereocenters. The molecular formula is C16H26N2O2. The summed E-state index contributed by atoms with van der Waals surface area (Å²) >= 11 is 0. The third-order valence-electron chi connectivity index (χ3n) is 3.90. The first-order valence-corrected chi connectivity index (χ1v) is 7.47. The van der Waals surface area contributed by atoms with Crippen LogP contribution in [-0.2, 0) is 0 Å². The van der Waals surface area contributed by atoms with E-state index in [1.165, 1.54) is 6.42 Å². The summed E-state index contributed by atoms with van der Waals surface area (Å²) in [5.74, 6) is 1.77. The number of ether oxygens (including phenoxy) is 2. The molecule has 0 saturated carbocycles. The number of methoxy groups -OCH3 is 1. The van der Waals surface area contributed by atoms with Crippen LogP contribution in [0.15, 0.2) is 24.3 Å². The van der Waals surface area contributed by atoms with Crippen LogP contribution in [0.4, 0.5) is 0 Å². The first-order valence-electron chi connectivity index (χ1n) is 7.47. The van der Waals surface area contributed by atoms with Gasteiger partial charge in [0.1, 0.15) is 18.1 Å². The zero-order chi connectivity index (χ0) is 14.4. The van der Waals surface area contributed by atoms with E-state index in [4.69, 9.17) is 9.47 Å². The molecule has 0 amide bonds. The second-order valence-corrected chi connectivity index (χ2v) is 5.39. The van der Waals surface area contributed by atoms with Crippen molar-refractivity contribution in [3.63, 3.8) is 0 Å². The minimum Gasteiger partial charge on any atom is -0.497 e. The Labute approximate surface area is 122 Å². The number of hydrogen-bond acceptors (Lipinski definition) is 4. The lowest BCUT2D eigenvalue weighted by molar-refractivity contribution is 0.111. The molecule has 1 heterocycles. The van der Waals surface area contributed by atoms with Gasteiger partial charge in [0.15, 0.2) is 0 Å². The van der Waals surface area contributed by atoms with Crippen molar-refractivity contribution in [1.29, 1.82) is 0 Å². The molecule has 1 aliphatic rings. The maximum Gasteiger partial charge on any atom is 0.119 e. The van der Waals surface area contributed by atoms with E-state index in [0.717, 1.165) is 37.7 Å². The fourth-order valence-electron chi connectivity index (χ4n) is 2.66. The Hall–Kier alpha value is -1.26. The van der Waals surface area contributed by atoms with E-state index in [1.54, 1.807) is 7.11 Å². The number of nitrogens with one attached hydrogen (secondary N) is 1. The minimum atomic E-state index is 0.568. The van der Waals surface area contributed by atoms with Crippen LogP contribution in [0.25, 0.3) is 0 Å². The summed E-state index contributed by atoms with van der Waals surface area (Å²) in [6, 6.07) is 8.96. The van der Waals surface area contributed by atoms with Crippen LogP contribution in [-0.4, -0.2) is 50.3 Å². The number of benzene rings is 1. The van der Waals surface area contributed by atoms with Gasteiger partial charge in [0.05, 0.1) is 7.11 Å². The van der Waals surface area contributed by atoms with Gasteiger partial charge in [-0.1, -0.05) is 6.92 Å². The largest absolute Gasteiger partial charge is 0.497 e. The van der Waals surface area contributed by atoms with Crippen molar-refractivity contribution in [2.45, 2.75) is 32.4 Å². The topological polar surface area (TPSA) is 33.7 Å². The highest BCUT2D eigenvalue weighted by molar-refractivity contribution is 5.31. The lowest BCUT2D eigenvalue weighted by atomic mass is 10.1. The number of rotatable bonds is 6. The second-order valence-electron chi connectivity index (χ2n) is 5.39. The van der Waals surface area contributed by atoms with Gasteiger partial charge in [-0.25, -0.2) is 0 Å². The van der Waals surface area contributed by atoms with Crippen molar-refractivity contribution in [2.75, 3.05) is 33.4 Å². The van der Waals surface area contributed by atoms with E-state index >= 15 is 0 Å². The van der Waals surface area contributed by atoms with Crippen LogP contribution >= 0.6 is 0 Å². The lowest BCUT2D eigenvalue weighted by Gasteiger charge is -2.38. The Bertz CT molecular complexity index is 394. The van der Waals surface area contributed by atoms with Gasteiger partial charge >= 0.3 is 0 Å². The zero-order valence-electron chi connectivity index (χ0n) is 12.8. The first-order chi connectivity index (χ1) is 9.72. The highest BCUT2D eigenvalue weighted by Crippen LogP contribution is 2.17. The summed E-state index contributed by atoms with van der Waals surface area (Å²) in [7, 11) is 1.67. The molecule has 2 unspecified atom stereocenters. The van der Waals surface area contributed by atoms with Gasteiger partial charge < -0.3 is 14.8 Å². The molecule has 0 spiro atoms. The van der Waals surface area contributed by atoms with Gasteiger partial charge in [0.2, 0.25) is 0 Å². The van der Waals surface area contributed by atoms with E-state index < -0.39 is 0 Å². The van der Waals surface area contributed by atoms with Crippen molar-refractivity contribution in [1.82, 2.24) is 10.2 Å². The Morgan fingerprint density at radius 1 is 1.25 bits per heavy atom. The summed E-state index contributed by atoms with van der Waals surface area (Å²) in [4.78, 5) is 2.53. The normalized spacial score (nSPS) is 23.6. The van der Waals surface area contributed by atoms with E-state index in [9.17, 15) is 0 Å². The monoisotopic (exact) mass is 278 g/mol. The fraction of sp³-hybridized carbons (Fsp3) is 0.625. The predicted molar refractivity (Wildman–Crippen MR) is 81.6 cm³/mol. The third-order valence-corrected chi connectivity index (χ3v) is 3.90. The molecule has 0 aliphatic carbocycles. The molecule has 1 aromatic rings. The van der Waals surface area contributed by atoms with Crippen molar-refractivity contribution in [3.8, 4) is 11.5 Å². The van der Waals surface area contributed by atoms with E-state index in [1.807, 2.05) is 24.3 Å². The smallest absolute Gasteiger partial charge is 0.119 e. The van der Waals surface area contributed by atoms with Crippen LogP contribution in [0.2, 0.25) is 0 Å². The van der Waals surface area contributed by atoms with Gasteiger partial charge in [-0.3, -0.25) is 4.90 Å². The third kappa shape index (κ3) is 4.12. The van der Waals surface area contributed by atoms with Gasteiger partial charge in [0.25, 0.3) is 0 Å². The Kier molecular flexibility index (Phi) is 5.68.